The molecule has 73 heavy (non-hydrogen) atoms. The lowest BCUT2D eigenvalue weighted by atomic mass is 9.83. The number of aromatic amines is 1. The first-order chi connectivity index (χ1) is 35.5. The number of carbonyl (C=O) groups excluding carboxylic acids is 5. The highest BCUT2D eigenvalue weighted by molar-refractivity contribution is 5.98. The molecule has 2 saturated carbocycles. The van der Waals surface area contributed by atoms with Crippen LogP contribution in [0, 0.1) is 23.5 Å². The molecule has 1 aromatic heterocycles. The van der Waals surface area contributed by atoms with E-state index in [1.54, 1.807) is 46.2 Å². The molecule has 5 amide bonds. The number of nitrogens with zero attached hydrogens (tertiary/aromatic N) is 6. The van der Waals surface area contributed by atoms with Gasteiger partial charge in [-0.25, -0.2) is 13.9 Å². The van der Waals surface area contributed by atoms with Crippen LogP contribution < -0.4 is 10.9 Å². The van der Waals surface area contributed by atoms with Crippen LogP contribution in [-0.4, -0.2) is 154 Å². The van der Waals surface area contributed by atoms with E-state index < -0.39 is 29.5 Å². The van der Waals surface area contributed by atoms with Gasteiger partial charge in [0.1, 0.15) is 17.7 Å². The lowest BCUT2D eigenvalue weighted by Gasteiger charge is -2.40. The smallest absolute Gasteiger partial charge is 0.272 e. The number of ether oxygens (including phenoxy) is 1. The molecule has 0 spiro atoms. The summed E-state index contributed by atoms with van der Waals surface area (Å²) >= 11 is 0. The second-order valence-electron chi connectivity index (χ2n) is 21.3. The van der Waals surface area contributed by atoms with Crippen LogP contribution in [0.15, 0.2) is 65.5 Å². The molecule has 0 unspecified atom stereocenters. The van der Waals surface area contributed by atoms with Gasteiger partial charge < -0.3 is 29.7 Å². The number of nitrogens with one attached hydrogen (secondary N) is 2. The quantitative estimate of drug-likeness (QED) is 0.162. The summed E-state index contributed by atoms with van der Waals surface area (Å²) < 4.78 is 38.0. The minimum absolute atomic E-state index is 0.00711. The molecule has 6 aliphatic rings. The first-order valence-electron chi connectivity index (χ1n) is 26.8. The van der Waals surface area contributed by atoms with Gasteiger partial charge in [-0.3, -0.25) is 33.7 Å². The van der Waals surface area contributed by atoms with Crippen molar-refractivity contribution in [3.63, 3.8) is 0 Å². The van der Waals surface area contributed by atoms with Crippen molar-refractivity contribution >= 4 is 40.3 Å². The standard InChI is InChI=1S/C56H68F2N8O7/c57-47-18-15-36(33-48-43-11-4-5-12-44(43)53(69)61-60-48)32-46(47)55(71)65-30-28-63(29-31-65)49(67)35-62-24-19-40(20-25-62)73-41-21-26-64(27-22-41)56(72)51(37-8-2-1-3-9-37)59-52(68)45-14-6-13-42(50(45)58)39-10-7-23-66(34-39)54(70)38-16-17-38/h4-6,11-15,18,32,37-41,51H,1-3,7-10,16-17,19-31,33-35H2,(H,59,68)(H,61,69)/t39-,51-/m1/s1. The van der Waals surface area contributed by atoms with Crippen molar-refractivity contribution in [2.75, 3.05) is 72.0 Å². The molecular weight excluding hydrogens is 935 g/mol. The zero-order valence-electron chi connectivity index (χ0n) is 41.7. The monoisotopic (exact) mass is 1000 g/mol. The van der Waals surface area contributed by atoms with Gasteiger partial charge in [0.15, 0.2) is 0 Å². The maximum Gasteiger partial charge on any atom is 0.272 e. The van der Waals surface area contributed by atoms with Crippen molar-refractivity contribution in [2.24, 2.45) is 11.8 Å². The molecule has 0 bridgehead atoms. The van der Waals surface area contributed by atoms with Gasteiger partial charge in [-0.1, -0.05) is 55.7 Å². The maximum atomic E-state index is 16.3. The van der Waals surface area contributed by atoms with E-state index in [1.807, 2.05) is 21.9 Å². The van der Waals surface area contributed by atoms with Gasteiger partial charge in [0, 0.05) is 89.1 Å². The molecule has 2 atom stereocenters. The molecule has 5 heterocycles. The Morgan fingerprint density at radius 2 is 1.38 bits per heavy atom. The summed E-state index contributed by atoms with van der Waals surface area (Å²) in [5, 5.41) is 11.0. The van der Waals surface area contributed by atoms with Gasteiger partial charge >= 0.3 is 0 Å². The van der Waals surface area contributed by atoms with Gasteiger partial charge in [-0.05, 0) is 106 Å². The second-order valence-corrected chi connectivity index (χ2v) is 21.3. The summed E-state index contributed by atoms with van der Waals surface area (Å²) in [5.41, 5.74) is 1.36. The fourth-order valence-corrected chi connectivity index (χ4v) is 12.0. The number of H-pyrrole nitrogens is 1. The van der Waals surface area contributed by atoms with Crippen molar-refractivity contribution in [1.29, 1.82) is 0 Å². The predicted molar refractivity (Wildman–Crippen MR) is 270 cm³/mol. The van der Waals surface area contributed by atoms with E-state index in [2.05, 4.69) is 20.4 Å². The van der Waals surface area contributed by atoms with E-state index in [1.165, 1.54) is 12.1 Å². The molecule has 15 nitrogen and oxygen atoms in total. The molecule has 4 aromatic rings. The molecule has 388 valence electrons. The zero-order valence-corrected chi connectivity index (χ0v) is 41.7. The first-order valence-corrected chi connectivity index (χ1v) is 26.8. The highest BCUT2D eigenvalue weighted by atomic mass is 19.1. The molecular formula is C56H68F2N8O7. The summed E-state index contributed by atoms with van der Waals surface area (Å²) in [6, 6.07) is 15.8. The van der Waals surface area contributed by atoms with Crippen LogP contribution in [-0.2, 0) is 25.5 Å². The molecule has 2 aliphatic carbocycles. The number of likely N-dealkylation sites (tertiary alicyclic amines) is 3. The molecule has 0 radical (unpaired) electrons. The summed E-state index contributed by atoms with van der Waals surface area (Å²) in [5.74, 6) is -2.26. The first kappa shape index (κ1) is 50.5. The van der Waals surface area contributed by atoms with Gasteiger partial charge in [0.2, 0.25) is 17.7 Å². The minimum atomic E-state index is -0.748. The Labute approximate surface area is 425 Å². The Bertz CT molecular complexity index is 2740. The number of piperazine rings is 1. The summed E-state index contributed by atoms with van der Waals surface area (Å²) in [7, 11) is 0. The van der Waals surface area contributed by atoms with Crippen molar-refractivity contribution in [3.8, 4) is 0 Å². The maximum absolute atomic E-state index is 16.3. The predicted octanol–water partition coefficient (Wildman–Crippen LogP) is 6.04. The largest absolute Gasteiger partial charge is 0.375 e. The number of piperidine rings is 3. The van der Waals surface area contributed by atoms with Gasteiger partial charge in [-0.2, -0.15) is 5.10 Å². The Morgan fingerprint density at radius 3 is 2.11 bits per heavy atom. The molecule has 2 N–H and O–H groups in total. The number of halogens is 2. The second kappa shape index (κ2) is 22.6. The lowest BCUT2D eigenvalue weighted by Crippen LogP contribution is -2.55. The van der Waals surface area contributed by atoms with Gasteiger partial charge in [-0.15, -0.1) is 0 Å². The van der Waals surface area contributed by atoms with E-state index in [9.17, 15) is 28.8 Å². The summed E-state index contributed by atoms with van der Waals surface area (Å²) in [6.45, 7) is 5.11. The van der Waals surface area contributed by atoms with Crippen molar-refractivity contribution in [3.05, 3.63) is 111 Å². The molecule has 6 fully saturated rings. The van der Waals surface area contributed by atoms with Crippen LogP contribution in [0.5, 0.6) is 0 Å². The van der Waals surface area contributed by atoms with Crippen LogP contribution in [0.4, 0.5) is 8.78 Å². The number of hydrogen-bond acceptors (Lipinski definition) is 9. The fraction of sp³-hybridized carbons (Fsp3) is 0.554. The van der Waals surface area contributed by atoms with Crippen molar-refractivity contribution in [1.82, 2.24) is 40.0 Å². The highest BCUT2D eigenvalue weighted by Crippen LogP contribution is 2.36. The average molecular weight is 1000 g/mol. The molecule has 4 aliphatic heterocycles. The number of hydrogen-bond donors (Lipinski definition) is 2. The Morgan fingerprint density at radius 1 is 0.685 bits per heavy atom. The number of rotatable bonds is 13. The summed E-state index contributed by atoms with van der Waals surface area (Å²) in [6.07, 6.45) is 11.3. The van der Waals surface area contributed by atoms with Crippen LogP contribution in [0.25, 0.3) is 10.8 Å². The van der Waals surface area contributed by atoms with E-state index in [-0.39, 0.29) is 84.0 Å². The molecule has 4 saturated heterocycles. The number of amides is 5. The summed E-state index contributed by atoms with van der Waals surface area (Å²) in [4.78, 5) is 89.7. The molecule has 17 heteroatoms. The van der Waals surface area contributed by atoms with Crippen LogP contribution >= 0.6 is 0 Å². The third kappa shape index (κ3) is 11.7. The van der Waals surface area contributed by atoms with Crippen LogP contribution in [0.1, 0.15) is 127 Å². The van der Waals surface area contributed by atoms with Crippen molar-refractivity contribution < 1.29 is 37.5 Å². The number of fused-ring (bicyclic) bond motifs is 1. The number of aromatic nitrogens is 2. The van der Waals surface area contributed by atoms with Crippen LogP contribution in [0.2, 0.25) is 0 Å². The SMILES string of the molecule is O=C(N[C@@H](C(=O)N1CCC(OC2CCN(CC(=O)N3CCN(C(=O)c4cc(Cc5n[nH]c(=O)c6ccccc56)ccc4F)CC3)CC2)CC1)C1CCCCC1)c1cccc([C@@H]2CCCN(C(=O)C3CC3)C2)c1F. The highest BCUT2D eigenvalue weighted by Gasteiger charge is 2.39. The topological polar surface area (TPSA) is 169 Å². The zero-order chi connectivity index (χ0) is 50.6. The third-order valence-electron chi connectivity index (χ3n) is 16.4. The Kier molecular flexibility index (Phi) is 15.6. The number of carbonyl (C=O) groups is 5. The normalized spacial score (nSPS) is 21.3. The lowest BCUT2D eigenvalue weighted by molar-refractivity contribution is -0.140. The Balaban J connectivity index is 0.664. The van der Waals surface area contributed by atoms with Crippen molar-refractivity contribution in [2.45, 2.75) is 114 Å². The van der Waals surface area contributed by atoms with E-state index in [0.29, 0.717) is 99.2 Å². The Hall–Kier alpha value is -6.07. The van der Waals surface area contributed by atoms with Gasteiger partial charge in [0.25, 0.3) is 17.4 Å². The van der Waals surface area contributed by atoms with E-state index >= 15 is 8.78 Å². The molecule has 10 rings (SSSR count). The van der Waals surface area contributed by atoms with E-state index in [4.69, 9.17) is 4.74 Å². The van der Waals surface area contributed by atoms with Gasteiger partial charge in [0.05, 0.1) is 41.0 Å². The third-order valence-corrected chi connectivity index (χ3v) is 16.4. The fourth-order valence-electron chi connectivity index (χ4n) is 12.0. The van der Waals surface area contributed by atoms with Crippen LogP contribution in [0.3, 0.4) is 0 Å². The number of benzene rings is 3. The average Bonchev–Trinajstić information content (AvgIpc) is 4.28. The molecule has 3 aromatic carbocycles. The minimum Gasteiger partial charge on any atom is -0.375 e. The van der Waals surface area contributed by atoms with E-state index in [0.717, 1.165) is 70.6 Å².